The largest absolute Gasteiger partial charge is 0.411 e. The van der Waals surface area contributed by atoms with Gasteiger partial charge < -0.3 is 9.53 Å². The summed E-state index contributed by atoms with van der Waals surface area (Å²) in [7, 11) is -1.77. The van der Waals surface area contributed by atoms with Crippen molar-refractivity contribution >= 4 is 8.32 Å². The first kappa shape index (κ1) is 19.8. The topological polar surface area (TPSA) is 35.9 Å². The summed E-state index contributed by atoms with van der Waals surface area (Å²) in [5.41, 5.74) is 2.59. The van der Waals surface area contributed by atoms with Crippen LogP contribution >= 0.6 is 0 Å². The Kier molecular flexibility index (Phi) is 6.93. The van der Waals surface area contributed by atoms with Crippen LogP contribution in [0.1, 0.15) is 11.1 Å². The highest BCUT2D eigenvalue weighted by molar-refractivity contribution is 6.69. The summed E-state index contributed by atoms with van der Waals surface area (Å²) >= 11 is 0. The van der Waals surface area contributed by atoms with Crippen molar-refractivity contribution in [3.8, 4) is 0 Å². The van der Waals surface area contributed by atoms with Crippen LogP contribution in [0.4, 0.5) is 0 Å². The van der Waals surface area contributed by atoms with E-state index in [4.69, 9.17) is 11.0 Å². The summed E-state index contributed by atoms with van der Waals surface area (Å²) in [6, 6.07) is 21.1. The first-order chi connectivity index (χ1) is 13.9. The second kappa shape index (κ2) is 9.81. The average molecular weight is 401 g/mol. The molecule has 0 unspecified atom stereocenters. The van der Waals surface area contributed by atoms with E-state index in [1.165, 1.54) is 11.1 Å². The van der Waals surface area contributed by atoms with Gasteiger partial charge >= 0.3 is 0 Å². The number of hydrogen-bond acceptors (Lipinski definition) is 4. The number of nitrogens with zero attached hydrogens (tertiary/aromatic N) is 2. The van der Waals surface area contributed by atoms with E-state index in [-0.39, 0.29) is 12.2 Å². The van der Waals surface area contributed by atoms with Gasteiger partial charge in [0.05, 0.1) is 12.2 Å². The molecule has 1 saturated heterocycles. The van der Waals surface area contributed by atoms with Crippen molar-refractivity contribution in [1.29, 1.82) is 1.43 Å². The summed E-state index contributed by atoms with van der Waals surface area (Å²) in [6.07, 6.45) is -0.356. The van der Waals surface area contributed by atoms with Crippen LogP contribution in [-0.4, -0.2) is 63.0 Å². The zero-order valence-electron chi connectivity index (χ0n) is 18.4. The van der Waals surface area contributed by atoms with Gasteiger partial charge in [-0.2, -0.15) is 0 Å². The highest BCUT2D eigenvalue weighted by Crippen LogP contribution is 2.18. The van der Waals surface area contributed by atoms with Crippen LogP contribution in [0.2, 0.25) is 19.6 Å². The van der Waals surface area contributed by atoms with Gasteiger partial charge in [0.2, 0.25) is 1.43 Å². The summed E-state index contributed by atoms with van der Waals surface area (Å²) in [5, 5.41) is 5.23. The molecule has 0 spiro atoms. The van der Waals surface area contributed by atoms with E-state index in [0.717, 1.165) is 32.7 Å². The van der Waals surface area contributed by atoms with Gasteiger partial charge in [-0.3, -0.25) is 9.80 Å². The molecular weight excluding hydrogens is 364 g/mol. The Bertz CT molecular complexity index is 727. The quantitative estimate of drug-likeness (QED) is 0.721. The van der Waals surface area contributed by atoms with Crippen LogP contribution in [0, 0.1) is 0 Å². The molecule has 0 saturated carbocycles. The normalized spacial score (nSPS) is 23.0. The molecule has 1 fully saturated rings. The Morgan fingerprint density at radius 1 is 0.893 bits per heavy atom. The summed E-state index contributed by atoms with van der Waals surface area (Å²) in [4.78, 5) is 4.84. The van der Waals surface area contributed by atoms with Crippen molar-refractivity contribution in [2.24, 2.45) is 0 Å². The molecule has 0 bridgehead atoms. The molecule has 1 aliphatic rings. The van der Waals surface area contributed by atoms with E-state index in [2.05, 4.69) is 84.0 Å². The molecule has 2 atom stereocenters. The summed E-state index contributed by atoms with van der Waals surface area (Å²) < 4.78 is 14.3. The average Bonchev–Trinajstić information content (AvgIpc) is 2.68. The maximum absolute atomic E-state index is 7.75. The van der Waals surface area contributed by atoms with E-state index >= 15 is 0 Å². The molecule has 5 heteroatoms. The van der Waals surface area contributed by atoms with Crippen molar-refractivity contribution in [3.63, 3.8) is 0 Å². The molecule has 152 valence electrons. The standard InChI is InChI=1S/C23H34N2O2Si/c1-28(2,3)27-23-19-25(17-21-12-8-5-9-13-21)15-14-24(18-22(23)26)16-20-10-6-4-7-11-20/h4-13,22-23,26H,14-19H2,1-3H3/t22-,23-/m0/s1/i26T. The molecule has 1 N–H and O–H groups in total. The first-order valence-electron chi connectivity index (χ1n) is 10.7. The van der Waals surface area contributed by atoms with Gasteiger partial charge in [-0.15, -0.1) is 0 Å². The second-order valence-corrected chi connectivity index (χ2v) is 13.2. The van der Waals surface area contributed by atoms with Gasteiger partial charge in [-0.05, 0) is 30.8 Å². The number of β-amino-alcohol motifs (C(OH)–C–C–N with tert-alkyl or cyclic N) is 1. The highest BCUT2D eigenvalue weighted by Gasteiger charge is 2.31. The third-order valence-electron chi connectivity index (χ3n) is 5.03. The molecule has 28 heavy (non-hydrogen) atoms. The number of aliphatic hydroxyl groups is 1. The zero-order valence-corrected chi connectivity index (χ0v) is 18.4. The van der Waals surface area contributed by atoms with Crippen molar-refractivity contribution < 1.29 is 9.53 Å². The lowest BCUT2D eigenvalue weighted by atomic mass is 10.1. The van der Waals surface area contributed by atoms with E-state index in [1.54, 1.807) is 0 Å². The molecule has 0 amide bonds. The van der Waals surface area contributed by atoms with E-state index in [0.29, 0.717) is 6.54 Å². The lowest BCUT2D eigenvalue weighted by Gasteiger charge is -2.39. The third-order valence-corrected chi connectivity index (χ3v) is 6.04. The molecule has 0 radical (unpaired) electrons. The van der Waals surface area contributed by atoms with Gasteiger partial charge in [-0.25, -0.2) is 0 Å². The van der Waals surface area contributed by atoms with E-state index in [1.807, 2.05) is 6.07 Å². The van der Waals surface area contributed by atoms with Crippen LogP contribution in [0.25, 0.3) is 0 Å². The minimum atomic E-state index is -1.77. The number of rotatable bonds is 7. The fraction of sp³-hybridized carbons (Fsp3) is 0.478. The van der Waals surface area contributed by atoms with Crippen molar-refractivity contribution in [2.75, 3.05) is 26.2 Å². The van der Waals surface area contributed by atoms with Crippen molar-refractivity contribution in [3.05, 3.63) is 71.8 Å². The SMILES string of the molecule is [3H]O[C@H]1CN(Cc2ccccc2)CCN(Cc2ccccc2)C[C@@H]1O[Si](C)(C)C. The molecule has 3 rings (SSSR count). The fourth-order valence-corrected chi connectivity index (χ4v) is 4.88. The molecule has 4 nitrogen and oxygen atoms in total. The van der Waals surface area contributed by atoms with E-state index < -0.39 is 8.32 Å². The monoisotopic (exact) mass is 400 g/mol. The van der Waals surface area contributed by atoms with Crippen LogP contribution in [0.5, 0.6) is 0 Å². The molecular formula is C23H34N2O2Si. The number of hydrogen-bond donors (Lipinski definition) is 1. The minimum absolute atomic E-state index is 0.0959. The van der Waals surface area contributed by atoms with E-state index in [9.17, 15) is 0 Å². The summed E-state index contributed by atoms with van der Waals surface area (Å²) in [5.74, 6) is 0. The van der Waals surface area contributed by atoms with Gasteiger partial charge in [-0.1, -0.05) is 60.7 Å². The molecule has 2 aromatic carbocycles. The Morgan fingerprint density at radius 2 is 1.39 bits per heavy atom. The number of benzene rings is 2. The molecule has 1 aliphatic heterocycles. The maximum atomic E-state index is 7.75. The van der Waals surface area contributed by atoms with Gasteiger partial charge in [0.15, 0.2) is 8.32 Å². The lowest BCUT2D eigenvalue weighted by Crippen LogP contribution is -2.53. The smallest absolute Gasteiger partial charge is 0.211 e. The van der Waals surface area contributed by atoms with Crippen molar-refractivity contribution in [2.45, 2.75) is 44.9 Å². The first-order valence-corrected chi connectivity index (χ1v) is 13.7. The highest BCUT2D eigenvalue weighted by atomic mass is 28.4. The third kappa shape index (κ3) is 6.83. The molecule has 1 heterocycles. The minimum Gasteiger partial charge on any atom is -0.411 e. The predicted octanol–water partition coefficient (Wildman–Crippen LogP) is 3.59. The molecule has 2 aromatic rings. The summed E-state index contributed by atoms with van der Waals surface area (Å²) in [6.45, 7) is 11.8. The Morgan fingerprint density at radius 3 is 1.86 bits per heavy atom. The van der Waals surface area contributed by atoms with Crippen molar-refractivity contribution in [1.82, 2.24) is 9.80 Å². The van der Waals surface area contributed by atoms with Crippen LogP contribution in [0.3, 0.4) is 0 Å². The van der Waals surface area contributed by atoms with Crippen LogP contribution < -0.4 is 0 Å². The van der Waals surface area contributed by atoms with Crippen LogP contribution in [-0.2, 0) is 17.5 Å². The van der Waals surface area contributed by atoms with Gasteiger partial charge in [0.1, 0.15) is 0 Å². The Labute approximate surface area is 172 Å². The molecule has 0 aromatic heterocycles. The van der Waals surface area contributed by atoms with Gasteiger partial charge in [0, 0.05) is 39.3 Å². The number of aliphatic hydroxyl groups excluding tert-OH is 1. The molecule has 0 aliphatic carbocycles. The fourth-order valence-electron chi connectivity index (χ4n) is 3.75. The van der Waals surface area contributed by atoms with Crippen LogP contribution in [0.15, 0.2) is 60.7 Å². The van der Waals surface area contributed by atoms with Gasteiger partial charge in [0.25, 0.3) is 0 Å². The zero-order chi connectivity index (χ0) is 20.7. The Balaban J connectivity index is 1.78. The Hall–Kier alpha value is -1.50. The maximum Gasteiger partial charge on any atom is 0.211 e. The second-order valence-electron chi connectivity index (χ2n) is 8.75. The predicted molar refractivity (Wildman–Crippen MR) is 118 cm³/mol. The lowest BCUT2D eigenvalue weighted by molar-refractivity contribution is -0.0292.